The van der Waals surface area contributed by atoms with Gasteiger partial charge in [-0.1, -0.05) is 0 Å². The molecule has 0 saturated heterocycles. The number of aromatic nitrogens is 2. The molecule has 1 aliphatic carbocycles. The summed E-state index contributed by atoms with van der Waals surface area (Å²) in [6.45, 7) is 2.07. The Labute approximate surface area is 139 Å². The van der Waals surface area contributed by atoms with Gasteiger partial charge in [0.05, 0.1) is 24.6 Å². The monoisotopic (exact) mass is 326 g/mol. The van der Waals surface area contributed by atoms with Crippen molar-refractivity contribution in [1.29, 1.82) is 0 Å². The van der Waals surface area contributed by atoms with Gasteiger partial charge in [-0.05, 0) is 44.0 Å². The van der Waals surface area contributed by atoms with Gasteiger partial charge in [-0.2, -0.15) is 0 Å². The van der Waals surface area contributed by atoms with Gasteiger partial charge in [-0.3, -0.25) is 4.79 Å². The van der Waals surface area contributed by atoms with Crippen molar-refractivity contribution in [2.45, 2.75) is 25.8 Å². The fourth-order valence-electron chi connectivity index (χ4n) is 2.06. The summed E-state index contributed by atoms with van der Waals surface area (Å²) in [6.07, 6.45) is 5.28. The largest absolute Gasteiger partial charge is 0.462 e. The SMILES string of the molecule is CCOC(=O)c1ccc(NC(=O)c2cnc(NC3CC3)cn2)cc1. The third-order valence-electron chi connectivity index (χ3n) is 3.47. The number of carbonyl (C=O) groups excluding carboxylic acids is 2. The van der Waals surface area contributed by atoms with Crippen LogP contribution in [0.15, 0.2) is 36.7 Å². The molecular formula is C17H18N4O3. The fraction of sp³-hybridized carbons (Fsp3) is 0.294. The Morgan fingerprint density at radius 3 is 2.50 bits per heavy atom. The van der Waals surface area contributed by atoms with E-state index in [2.05, 4.69) is 20.6 Å². The van der Waals surface area contributed by atoms with E-state index in [4.69, 9.17) is 4.74 Å². The molecule has 0 radical (unpaired) electrons. The van der Waals surface area contributed by atoms with Crippen molar-refractivity contribution in [3.63, 3.8) is 0 Å². The summed E-state index contributed by atoms with van der Waals surface area (Å²) < 4.78 is 4.91. The molecule has 0 atom stereocenters. The van der Waals surface area contributed by atoms with Gasteiger partial charge in [-0.25, -0.2) is 14.8 Å². The maximum absolute atomic E-state index is 12.2. The number of hydrogen-bond acceptors (Lipinski definition) is 6. The number of nitrogens with zero attached hydrogens (tertiary/aromatic N) is 2. The van der Waals surface area contributed by atoms with Gasteiger partial charge in [0.15, 0.2) is 0 Å². The minimum absolute atomic E-state index is 0.228. The highest BCUT2D eigenvalue weighted by atomic mass is 16.5. The molecule has 124 valence electrons. The number of amides is 1. The molecule has 2 N–H and O–H groups in total. The molecule has 24 heavy (non-hydrogen) atoms. The zero-order valence-electron chi connectivity index (χ0n) is 13.3. The molecule has 0 bridgehead atoms. The lowest BCUT2D eigenvalue weighted by molar-refractivity contribution is 0.0526. The van der Waals surface area contributed by atoms with Crippen molar-refractivity contribution in [3.8, 4) is 0 Å². The number of carbonyl (C=O) groups is 2. The molecule has 0 spiro atoms. The number of benzene rings is 1. The van der Waals surface area contributed by atoms with Gasteiger partial charge in [0.1, 0.15) is 11.5 Å². The summed E-state index contributed by atoms with van der Waals surface area (Å²) in [4.78, 5) is 32.0. The highest BCUT2D eigenvalue weighted by Crippen LogP contribution is 2.23. The van der Waals surface area contributed by atoms with Gasteiger partial charge in [0, 0.05) is 11.7 Å². The second kappa shape index (κ2) is 7.08. The second-order valence-electron chi connectivity index (χ2n) is 5.46. The Bertz CT molecular complexity index is 725. The van der Waals surface area contributed by atoms with Crippen LogP contribution in [0.5, 0.6) is 0 Å². The van der Waals surface area contributed by atoms with Gasteiger partial charge in [-0.15, -0.1) is 0 Å². The highest BCUT2D eigenvalue weighted by Gasteiger charge is 2.21. The van der Waals surface area contributed by atoms with E-state index in [-0.39, 0.29) is 17.6 Å². The average molecular weight is 326 g/mol. The number of nitrogens with one attached hydrogen (secondary N) is 2. The first-order valence-electron chi connectivity index (χ1n) is 7.83. The van der Waals surface area contributed by atoms with Crippen LogP contribution in [0.2, 0.25) is 0 Å². The van der Waals surface area contributed by atoms with Crippen LogP contribution < -0.4 is 10.6 Å². The lowest BCUT2D eigenvalue weighted by atomic mass is 10.2. The van der Waals surface area contributed by atoms with Gasteiger partial charge in [0.25, 0.3) is 5.91 Å². The third kappa shape index (κ3) is 4.07. The van der Waals surface area contributed by atoms with Crippen molar-refractivity contribution >= 4 is 23.4 Å². The second-order valence-corrected chi connectivity index (χ2v) is 5.46. The highest BCUT2D eigenvalue weighted by molar-refractivity contribution is 6.03. The summed E-state index contributed by atoms with van der Waals surface area (Å²) in [5.41, 5.74) is 1.23. The fourth-order valence-corrected chi connectivity index (χ4v) is 2.06. The molecule has 1 aromatic carbocycles. The van der Waals surface area contributed by atoms with Crippen LogP contribution in [0.4, 0.5) is 11.5 Å². The summed E-state index contributed by atoms with van der Waals surface area (Å²) in [7, 11) is 0. The van der Waals surface area contributed by atoms with Crippen molar-refractivity contribution in [2.24, 2.45) is 0 Å². The van der Waals surface area contributed by atoms with Gasteiger partial charge in [0.2, 0.25) is 0 Å². The van der Waals surface area contributed by atoms with E-state index < -0.39 is 0 Å². The lowest BCUT2D eigenvalue weighted by Crippen LogP contribution is -2.15. The predicted octanol–water partition coefficient (Wildman–Crippen LogP) is 2.48. The molecule has 1 aromatic heterocycles. The number of rotatable bonds is 6. The number of esters is 1. The van der Waals surface area contributed by atoms with Gasteiger partial charge >= 0.3 is 5.97 Å². The van der Waals surface area contributed by atoms with Crippen LogP contribution in [0.1, 0.15) is 40.6 Å². The summed E-state index contributed by atoms with van der Waals surface area (Å²) >= 11 is 0. The standard InChI is InChI=1S/C17H18N4O3/c1-2-24-17(23)11-3-5-13(6-4-11)21-16(22)14-9-19-15(10-18-14)20-12-7-8-12/h3-6,9-10,12H,2,7-8H2,1H3,(H,19,20)(H,21,22). The molecule has 1 aliphatic rings. The topological polar surface area (TPSA) is 93.2 Å². The van der Waals surface area contributed by atoms with Crippen LogP contribution in [-0.2, 0) is 4.74 Å². The van der Waals surface area contributed by atoms with Crippen LogP contribution >= 0.6 is 0 Å². The van der Waals surface area contributed by atoms with Crippen LogP contribution in [0.3, 0.4) is 0 Å². The molecule has 2 aromatic rings. The molecule has 7 nitrogen and oxygen atoms in total. The average Bonchev–Trinajstić information content (AvgIpc) is 3.40. The van der Waals surface area contributed by atoms with E-state index in [0.717, 1.165) is 12.8 Å². The first-order chi connectivity index (χ1) is 11.7. The van der Waals surface area contributed by atoms with Crippen molar-refractivity contribution < 1.29 is 14.3 Å². The van der Waals surface area contributed by atoms with E-state index in [1.54, 1.807) is 37.4 Å². The van der Waals surface area contributed by atoms with E-state index in [1.807, 2.05) is 0 Å². The predicted molar refractivity (Wildman–Crippen MR) is 89.0 cm³/mol. The molecular weight excluding hydrogens is 308 g/mol. The zero-order chi connectivity index (χ0) is 16.9. The smallest absolute Gasteiger partial charge is 0.338 e. The summed E-state index contributed by atoms with van der Waals surface area (Å²) in [6, 6.07) is 6.96. The lowest BCUT2D eigenvalue weighted by Gasteiger charge is -2.07. The zero-order valence-corrected chi connectivity index (χ0v) is 13.3. The first kappa shape index (κ1) is 15.9. The Balaban J connectivity index is 1.60. The molecule has 1 fully saturated rings. The minimum atomic E-state index is -0.389. The van der Waals surface area contributed by atoms with Crippen molar-refractivity contribution in [1.82, 2.24) is 9.97 Å². The normalized spacial score (nSPS) is 13.2. The Kier molecular flexibility index (Phi) is 4.69. The van der Waals surface area contributed by atoms with Crippen molar-refractivity contribution in [3.05, 3.63) is 47.9 Å². The summed E-state index contributed by atoms with van der Waals surface area (Å²) in [5.74, 6) is -0.0720. The molecule has 7 heteroatoms. The van der Waals surface area contributed by atoms with E-state index >= 15 is 0 Å². The quantitative estimate of drug-likeness (QED) is 0.792. The third-order valence-corrected chi connectivity index (χ3v) is 3.47. The molecule has 1 saturated carbocycles. The first-order valence-corrected chi connectivity index (χ1v) is 7.83. The van der Waals surface area contributed by atoms with Crippen LogP contribution in [0, 0.1) is 0 Å². The Morgan fingerprint density at radius 2 is 1.92 bits per heavy atom. The Morgan fingerprint density at radius 1 is 1.17 bits per heavy atom. The van der Waals surface area contributed by atoms with E-state index in [0.29, 0.717) is 29.7 Å². The van der Waals surface area contributed by atoms with E-state index in [9.17, 15) is 9.59 Å². The number of ether oxygens (including phenoxy) is 1. The number of hydrogen-bond donors (Lipinski definition) is 2. The van der Waals surface area contributed by atoms with Crippen LogP contribution in [-0.4, -0.2) is 34.5 Å². The van der Waals surface area contributed by atoms with Crippen LogP contribution in [0.25, 0.3) is 0 Å². The van der Waals surface area contributed by atoms with Gasteiger partial charge < -0.3 is 15.4 Å². The molecule has 1 heterocycles. The maximum Gasteiger partial charge on any atom is 0.338 e. The summed E-state index contributed by atoms with van der Waals surface area (Å²) in [5, 5.41) is 5.92. The van der Waals surface area contributed by atoms with E-state index in [1.165, 1.54) is 6.20 Å². The molecule has 0 aliphatic heterocycles. The van der Waals surface area contributed by atoms with Crippen molar-refractivity contribution in [2.75, 3.05) is 17.2 Å². The molecule has 1 amide bonds. The number of anilines is 2. The maximum atomic E-state index is 12.2. The molecule has 0 unspecified atom stereocenters. The molecule has 3 rings (SSSR count). The minimum Gasteiger partial charge on any atom is -0.462 e. The Hall–Kier alpha value is -2.96.